The molecule has 0 amide bonds. The SMILES string of the molecule is O=C1C(F)=CC=C2c3ccc(F)cc3C(c3ccccc3)(n3cnc(=S)[nH]3)C12. The third-order valence-electron chi connectivity index (χ3n) is 5.44. The number of allylic oxidation sites excluding steroid dienone is 4. The number of nitrogens with one attached hydrogen (secondary N) is 1. The van der Waals surface area contributed by atoms with E-state index in [2.05, 4.69) is 10.1 Å². The van der Waals surface area contributed by atoms with Crippen LogP contribution < -0.4 is 0 Å². The second kappa shape index (κ2) is 5.90. The molecule has 0 radical (unpaired) electrons. The Kier molecular flexibility index (Phi) is 3.57. The zero-order chi connectivity index (χ0) is 19.5. The molecule has 5 rings (SSSR count). The zero-order valence-corrected chi connectivity index (χ0v) is 15.2. The van der Waals surface area contributed by atoms with Crippen LogP contribution in [-0.4, -0.2) is 20.5 Å². The highest BCUT2D eigenvalue weighted by Crippen LogP contribution is 2.56. The minimum absolute atomic E-state index is 0.213. The van der Waals surface area contributed by atoms with Crippen molar-refractivity contribution in [2.45, 2.75) is 5.54 Å². The van der Waals surface area contributed by atoms with Crippen molar-refractivity contribution in [2.24, 2.45) is 5.92 Å². The maximum atomic E-state index is 14.4. The van der Waals surface area contributed by atoms with Crippen LogP contribution >= 0.6 is 12.2 Å². The largest absolute Gasteiger partial charge is 0.291 e. The van der Waals surface area contributed by atoms with Crippen LogP contribution in [0.2, 0.25) is 0 Å². The monoisotopic (exact) mass is 393 g/mol. The lowest BCUT2D eigenvalue weighted by molar-refractivity contribution is -0.120. The van der Waals surface area contributed by atoms with Crippen LogP contribution in [0.3, 0.4) is 0 Å². The number of Topliss-reactive ketones (excluding diaryl/α,β-unsaturated/α-hetero) is 1. The Morgan fingerprint density at radius 3 is 2.61 bits per heavy atom. The summed E-state index contributed by atoms with van der Waals surface area (Å²) in [4.78, 5) is 17.2. The van der Waals surface area contributed by atoms with Gasteiger partial charge < -0.3 is 0 Å². The summed E-state index contributed by atoms with van der Waals surface area (Å²) in [6.07, 6.45) is 4.23. The Labute approximate surface area is 163 Å². The number of benzene rings is 2. The molecule has 2 aliphatic carbocycles. The van der Waals surface area contributed by atoms with E-state index in [1.165, 1.54) is 24.5 Å². The predicted octanol–water partition coefficient (Wildman–Crippen LogP) is 4.32. The molecule has 0 bridgehead atoms. The number of carbonyl (C=O) groups excluding carboxylic acids is 1. The number of hydrogen-bond donors (Lipinski definition) is 1. The Balaban J connectivity index is 1.97. The zero-order valence-electron chi connectivity index (χ0n) is 14.4. The summed E-state index contributed by atoms with van der Waals surface area (Å²) in [5, 5.41) is 2.96. The first-order valence-corrected chi connectivity index (χ1v) is 9.06. The summed E-state index contributed by atoms with van der Waals surface area (Å²) >= 11 is 5.15. The molecule has 0 spiro atoms. The lowest BCUT2D eigenvalue weighted by Gasteiger charge is -2.37. The molecule has 2 aromatic carbocycles. The molecule has 1 aromatic heterocycles. The van der Waals surface area contributed by atoms with Crippen molar-refractivity contribution in [1.82, 2.24) is 14.8 Å². The fourth-order valence-electron chi connectivity index (χ4n) is 4.39. The van der Waals surface area contributed by atoms with Gasteiger partial charge in [-0.1, -0.05) is 42.5 Å². The van der Waals surface area contributed by atoms with Crippen LogP contribution in [0.15, 0.2) is 72.8 Å². The van der Waals surface area contributed by atoms with E-state index in [4.69, 9.17) is 12.2 Å². The highest BCUT2D eigenvalue weighted by molar-refractivity contribution is 7.71. The van der Waals surface area contributed by atoms with Crippen LogP contribution in [-0.2, 0) is 10.3 Å². The van der Waals surface area contributed by atoms with Crippen LogP contribution in [0, 0.1) is 16.5 Å². The molecule has 138 valence electrons. The first kappa shape index (κ1) is 16.9. The molecule has 28 heavy (non-hydrogen) atoms. The predicted molar refractivity (Wildman–Crippen MR) is 102 cm³/mol. The van der Waals surface area contributed by atoms with Gasteiger partial charge in [0.05, 0.1) is 5.92 Å². The molecule has 1 N–H and O–H groups in total. The average molecular weight is 393 g/mol. The van der Waals surface area contributed by atoms with Gasteiger partial charge in [-0.2, -0.15) is 0 Å². The summed E-state index contributed by atoms with van der Waals surface area (Å²) < 4.78 is 30.6. The third kappa shape index (κ3) is 2.10. The van der Waals surface area contributed by atoms with Gasteiger partial charge in [0.25, 0.3) is 0 Å². The molecule has 4 nitrogen and oxygen atoms in total. The molecule has 3 aromatic rings. The first-order chi connectivity index (χ1) is 13.5. The average Bonchev–Trinajstić information content (AvgIpc) is 3.25. The van der Waals surface area contributed by atoms with Crippen LogP contribution in [0.1, 0.15) is 16.7 Å². The summed E-state index contributed by atoms with van der Waals surface area (Å²) in [5.74, 6) is -2.86. The minimum atomic E-state index is -1.24. The molecule has 0 saturated carbocycles. The van der Waals surface area contributed by atoms with E-state index >= 15 is 0 Å². The summed E-state index contributed by atoms with van der Waals surface area (Å²) in [5.41, 5.74) is 1.34. The molecule has 2 unspecified atom stereocenters. The molecular weight excluding hydrogens is 380 g/mol. The summed E-state index contributed by atoms with van der Waals surface area (Å²) in [6, 6.07) is 13.5. The normalized spacial score (nSPS) is 23.1. The Bertz CT molecular complexity index is 1240. The number of H-pyrrole nitrogens is 1. The molecule has 0 saturated heterocycles. The molecule has 0 aliphatic heterocycles. The maximum absolute atomic E-state index is 14.4. The molecule has 0 fully saturated rings. The first-order valence-electron chi connectivity index (χ1n) is 8.65. The third-order valence-corrected chi connectivity index (χ3v) is 5.64. The van der Waals surface area contributed by atoms with Crippen LogP contribution in [0.25, 0.3) is 5.57 Å². The van der Waals surface area contributed by atoms with Gasteiger partial charge in [0.15, 0.2) is 5.83 Å². The Hall–Kier alpha value is -3.19. The van der Waals surface area contributed by atoms with Crippen molar-refractivity contribution in [1.29, 1.82) is 0 Å². The Morgan fingerprint density at radius 1 is 1.11 bits per heavy atom. The van der Waals surface area contributed by atoms with Gasteiger partial charge in [-0.3, -0.25) is 14.6 Å². The van der Waals surface area contributed by atoms with E-state index in [1.54, 1.807) is 16.8 Å². The van der Waals surface area contributed by atoms with Crippen molar-refractivity contribution in [3.63, 3.8) is 0 Å². The number of ketones is 1. The lowest BCUT2D eigenvalue weighted by Crippen LogP contribution is -2.45. The van der Waals surface area contributed by atoms with Crippen LogP contribution in [0.4, 0.5) is 8.78 Å². The fraction of sp³-hybridized carbons (Fsp3) is 0.0952. The highest BCUT2D eigenvalue weighted by Gasteiger charge is 2.57. The number of carbonyl (C=O) groups is 1. The Morgan fingerprint density at radius 2 is 1.89 bits per heavy atom. The molecule has 7 heteroatoms. The highest BCUT2D eigenvalue weighted by atomic mass is 32.1. The van der Waals surface area contributed by atoms with E-state index in [9.17, 15) is 13.6 Å². The van der Waals surface area contributed by atoms with Gasteiger partial charge in [0.2, 0.25) is 10.6 Å². The van der Waals surface area contributed by atoms with Gasteiger partial charge in [0.1, 0.15) is 17.7 Å². The van der Waals surface area contributed by atoms with E-state index in [-0.39, 0.29) is 4.77 Å². The minimum Gasteiger partial charge on any atom is -0.291 e. The van der Waals surface area contributed by atoms with Crippen molar-refractivity contribution in [2.75, 3.05) is 0 Å². The molecular formula is C21H13F2N3OS. The smallest absolute Gasteiger partial charge is 0.213 e. The van der Waals surface area contributed by atoms with Gasteiger partial charge in [0, 0.05) is 0 Å². The van der Waals surface area contributed by atoms with Crippen molar-refractivity contribution >= 4 is 23.6 Å². The van der Waals surface area contributed by atoms with Gasteiger partial charge >= 0.3 is 0 Å². The van der Waals surface area contributed by atoms with Gasteiger partial charge in [-0.05, 0) is 52.7 Å². The number of halogens is 2. The van der Waals surface area contributed by atoms with Crippen molar-refractivity contribution in [3.05, 3.63) is 100 Å². The van der Waals surface area contributed by atoms with Crippen molar-refractivity contribution < 1.29 is 13.6 Å². The maximum Gasteiger partial charge on any atom is 0.213 e. The fourth-order valence-corrected chi connectivity index (χ4v) is 4.54. The number of rotatable bonds is 2. The van der Waals surface area contributed by atoms with Gasteiger partial charge in [-0.15, -0.1) is 0 Å². The number of hydrogen-bond acceptors (Lipinski definition) is 3. The molecule has 2 atom stereocenters. The standard InChI is InChI=1S/C21H13F2N3OS/c22-13-6-7-14-15-8-9-17(23)19(27)18(15)21(16(14)10-13,12-4-2-1-3-5-12)26-11-24-20(28)25-26/h1-11,18H,(H,25,28). The van der Waals surface area contributed by atoms with E-state index in [1.807, 2.05) is 30.3 Å². The lowest BCUT2D eigenvalue weighted by atomic mass is 9.73. The van der Waals surface area contributed by atoms with E-state index in [0.29, 0.717) is 22.3 Å². The van der Waals surface area contributed by atoms with E-state index < -0.39 is 28.9 Å². The summed E-state index contributed by atoms with van der Waals surface area (Å²) in [6.45, 7) is 0. The number of aromatic amines is 1. The van der Waals surface area contributed by atoms with E-state index in [0.717, 1.165) is 0 Å². The van der Waals surface area contributed by atoms with Gasteiger partial charge in [-0.25, -0.2) is 13.8 Å². The molecule has 1 heterocycles. The quantitative estimate of drug-likeness (QED) is 0.660. The van der Waals surface area contributed by atoms with Crippen molar-refractivity contribution in [3.8, 4) is 0 Å². The topological polar surface area (TPSA) is 50.7 Å². The number of aromatic nitrogens is 3. The van der Waals surface area contributed by atoms with Crippen LogP contribution in [0.5, 0.6) is 0 Å². The second-order valence-corrected chi connectivity index (χ2v) is 7.17. The summed E-state index contributed by atoms with van der Waals surface area (Å²) in [7, 11) is 0. The number of nitrogens with zero attached hydrogens (tertiary/aromatic N) is 2. The molecule has 2 aliphatic rings. The second-order valence-electron chi connectivity index (χ2n) is 6.79. The number of fused-ring (bicyclic) bond motifs is 3.